The van der Waals surface area contributed by atoms with Gasteiger partial charge in [-0.3, -0.25) is 14.2 Å². The van der Waals surface area contributed by atoms with E-state index in [9.17, 15) is 13.6 Å². The Morgan fingerprint density at radius 3 is 2.77 bits per heavy atom. The molecule has 0 radical (unpaired) electrons. The number of hydrogen-bond acceptors (Lipinski definition) is 5. The van der Waals surface area contributed by atoms with E-state index in [0.717, 1.165) is 36.9 Å². The Balaban J connectivity index is 1.29. The van der Waals surface area contributed by atoms with Crippen LogP contribution in [0.5, 0.6) is 0 Å². The fourth-order valence-electron chi connectivity index (χ4n) is 3.83. The Hall–Kier alpha value is -3.17. The zero-order valence-corrected chi connectivity index (χ0v) is 16.6. The zero-order valence-electron chi connectivity index (χ0n) is 16.6. The Labute approximate surface area is 172 Å². The van der Waals surface area contributed by atoms with Crippen LogP contribution in [0.2, 0.25) is 0 Å². The van der Waals surface area contributed by atoms with Gasteiger partial charge in [0.05, 0.1) is 17.9 Å². The van der Waals surface area contributed by atoms with Crippen LogP contribution >= 0.6 is 0 Å². The van der Waals surface area contributed by atoms with Crippen molar-refractivity contribution in [2.24, 2.45) is 0 Å². The van der Waals surface area contributed by atoms with Gasteiger partial charge in [-0.1, -0.05) is 0 Å². The van der Waals surface area contributed by atoms with Gasteiger partial charge in [0.25, 0.3) is 6.43 Å². The summed E-state index contributed by atoms with van der Waals surface area (Å²) in [6, 6.07) is 3.49. The number of rotatable bonds is 6. The Morgan fingerprint density at radius 1 is 1.30 bits per heavy atom. The highest BCUT2D eigenvalue weighted by Crippen LogP contribution is 2.29. The summed E-state index contributed by atoms with van der Waals surface area (Å²) in [5.41, 5.74) is 2.02. The first kappa shape index (κ1) is 20.1. The fourth-order valence-corrected chi connectivity index (χ4v) is 3.83. The van der Waals surface area contributed by atoms with Crippen molar-refractivity contribution in [2.45, 2.75) is 57.7 Å². The molecule has 0 atom stereocenters. The SMILES string of the molecule is Cc1cc(C(F)F)nn1CC(=O)NC1CCC(n2cc(-c3ccncn3)cn2)CC1. The number of halogens is 2. The number of nitrogens with zero attached hydrogens (tertiary/aromatic N) is 6. The predicted octanol–water partition coefficient (Wildman–Crippen LogP) is 3.08. The average molecular weight is 415 g/mol. The first-order valence-corrected chi connectivity index (χ1v) is 9.92. The van der Waals surface area contributed by atoms with Crippen LogP contribution in [0, 0.1) is 6.92 Å². The topological polar surface area (TPSA) is 90.5 Å². The number of aryl methyl sites for hydroxylation is 1. The summed E-state index contributed by atoms with van der Waals surface area (Å²) in [6.45, 7) is 1.61. The molecule has 0 aromatic carbocycles. The molecule has 1 saturated carbocycles. The number of aromatic nitrogens is 6. The monoisotopic (exact) mass is 415 g/mol. The van der Waals surface area contributed by atoms with Crippen LogP contribution < -0.4 is 5.32 Å². The van der Waals surface area contributed by atoms with Gasteiger partial charge in [-0.25, -0.2) is 18.7 Å². The van der Waals surface area contributed by atoms with Crippen molar-refractivity contribution >= 4 is 5.91 Å². The second-order valence-corrected chi connectivity index (χ2v) is 7.55. The number of alkyl halides is 2. The zero-order chi connectivity index (χ0) is 21.1. The molecular weight excluding hydrogens is 392 g/mol. The largest absolute Gasteiger partial charge is 0.352 e. The lowest BCUT2D eigenvalue weighted by Gasteiger charge is -2.29. The van der Waals surface area contributed by atoms with Gasteiger partial charge in [0.1, 0.15) is 18.6 Å². The Morgan fingerprint density at radius 2 is 2.10 bits per heavy atom. The average Bonchev–Trinajstić information content (AvgIpc) is 3.37. The molecule has 30 heavy (non-hydrogen) atoms. The van der Waals surface area contributed by atoms with Crippen LogP contribution in [0.1, 0.15) is 49.5 Å². The number of hydrogen-bond donors (Lipinski definition) is 1. The third kappa shape index (κ3) is 4.52. The molecule has 0 saturated heterocycles. The summed E-state index contributed by atoms with van der Waals surface area (Å²) in [6.07, 6.45) is 7.83. The van der Waals surface area contributed by atoms with Crippen molar-refractivity contribution in [1.82, 2.24) is 34.8 Å². The van der Waals surface area contributed by atoms with Crippen LogP contribution in [0.3, 0.4) is 0 Å². The molecule has 1 fully saturated rings. The highest BCUT2D eigenvalue weighted by atomic mass is 19.3. The Bertz CT molecular complexity index is 994. The summed E-state index contributed by atoms with van der Waals surface area (Å²) in [5, 5.41) is 11.3. The lowest BCUT2D eigenvalue weighted by Crippen LogP contribution is -2.40. The predicted molar refractivity (Wildman–Crippen MR) is 105 cm³/mol. The lowest BCUT2D eigenvalue weighted by atomic mass is 9.91. The van der Waals surface area contributed by atoms with E-state index in [4.69, 9.17) is 0 Å². The smallest absolute Gasteiger partial charge is 0.282 e. The van der Waals surface area contributed by atoms with Gasteiger partial charge in [-0.15, -0.1) is 0 Å². The van der Waals surface area contributed by atoms with E-state index in [1.54, 1.807) is 19.3 Å². The summed E-state index contributed by atoms with van der Waals surface area (Å²) >= 11 is 0. The van der Waals surface area contributed by atoms with E-state index in [0.29, 0.717) is 5.69 Å². The summed E-state index contributed by atoms with van der Waals surface area (Å²) in [4.78, 5) is 20.5. The minimum atomic E-state index is -2.64. The van der Waals surface area contributed by atoms with E-state index < -0.39 is 6.43 Å². The number of carbonyl (C=O) groups excluding carboxylic acids is 1. The highest BCUT2D eigenvalue weighted by Gasteiger charge is 2.25. The van der Waals surface area contributed by atoms with Crippen LogP contribution in [-0.2, 0) is 11.3 Å². The molecule has 3 heterocycles. The van der Waals surface area contributed by atoms with Crippen molar-refractivity contribution in [3.05, 3.63) is 48.4 Å². The molecule has 0 unspecified atom stereocenters. The number of nitrogens with one attached hydrogen (secondary N) is 1. The molecule has 1 aliphatic carbocycles. The fraction of sp³-hybridized carbons (Fsp3) is 0.450. The highest BCUT2D eigenvalue weighted by molar-refractivity contribution is 5.76. The van der Waals surface area contributed by atoms with E-state index >= 15 is 0 Å². The maximum absolute atomic E-state index is 12.8. The van der Waals surface area contributed by atoms with Crippen LogP contribution in [0.15, 0.2) is 37.1 Å². The molecule has 10 heteroatoms. The van der Waals surface area contributed by atoms with E-state index in [-0.39, 0.29) is 30.2 Å². The molecule has 8 nitrogen and oxygen atoms in total. The van der Waals surface area contributed by atoms with Crippen LogP contribution in [0.4, 0.5) is 8.78 Å². The number of amides is 1. The molecular formula is C20H23F2N7O. The van der Waals surface area contributed by atoms with Gasteiger partial charge in [0.15, 0.2) is 0 Å². The normalized spacial score (nSPS) is 19.2. The summed E-state index contributed by atoms with van der Waals surface area (Å²) < 4.78 is 28.8. The van der Waals surface area contributed by atoms with Crippen LogP contribution in [-0.4, -0.2) is 41.5 Å². The summed E-state index contributed by atoms with van der Waals surface area (Å²) in [5.74, 6) is -0.212. The van der Waals surface area contributed by atoms with Crippen molar-refractivity contribution in [2.75, 3.05) is 0 Å². The van der Waals surface area contributed by atoms with Crippen molar-refractivity contribution < 1.29 is 13.6 Å². The molecule has 3 aromatic heterocycles. The maximum Gasteiger partial charge on any atom is 0.282 e. The third-order valence-electron chi connectivity index (χ3n) is 5.43. The third-order valence-corrected chi connectivity index (χ3v) is 5.43. The molecule has 1 amide bonds. The van der Waals surface area contributed by atoms with E-state index in [1.165, 1.54) is 17.1 Å². The van der Waals surface area contributed by atoms with Gasteiger partial charge in [0, 0.05) is 29.7 Å². The minimum absolute atomic E-state index is 0.0556. The minimum Gasteiger partial charge on any atom is -0.352 e. The standard InChI is InChI=1S/C20H23F2N7O/c1-13-8-18(20(21)22)27-28(13)11-19(30)26-15-2-4-16(5-3-15)29-10-14(9-25-29)17-6-7-23-12-24-17/h6-10,12,15-16,20H,2-5,11H2,1H3,(H,26,30). The van der Waals surface area contributed by atoms with Gasteiger partial charge in [0.2, 0.25) is 5.91 Å². The maximum atomic E-state index is 12.8. The molecule has 4 rings (SSSR count). The molecule has 1 aliphatic rings. The molecule has 0 bridgehead atoms. The van der Waals surface area contributed by atoms with Gasteiger partial charge < -0.3 is 5.32 Å². The van der Waals surface area contributed by atoms with E-state index in [2.05, 4.69) is 25.5 Å². The quantitative estimate of drug-likeness (QED) is 0.668. The van der Waals surface area contributed by atoms with Crippen molar-refractivity contribution in [1.29, 1.82) is 0 Å². The molecule has 0 aliphatic heterocycles. The van der Waals surface area contributed by atoms with Gasteiger partial charge >= 0.3 is 0 Å². The van der Waals surface area contributed by atoms with Crippen molar-refractivity contribution in [3.8, 4) is 11.3 Å². The lowest BCUT2D eigenvalue weighted by molar-refractivity contribution is -0.122. The van der Waals surface area contributed by atoms with Gasteiger partial charge in [-0.05, 0) is 44.7 Å². The molecule has 0 spiro atoms. The summed E-state index contributed by atoms with van der Waals surface area (Å²) in [7, 11) is 0. The molecule has 158 valence electrons. The second-order valence-electron chi connectivity index (χ2n) is 7.55. The van der Waals surface area contributed by atoms with Crippen molar-refractivity contribution in [3.63, 3.8) is 0 Å². The second kappa shape index (κ2) is 8.68. The van der Waals surface area contributed by atoms with Gasteiger partial charge in [-0.2, -0.15) is 10.2 Å². The first-order valence-electron chi connectivity index (χ1n) is 9.92. The molecule has 3 aromatic rings. The van der Waals surface area contributed by atoms with Crippen LogP contribution in [0.25, 0.3) is 11.3 Å². The molecule has 1 N–H and O–H groups in total. The first-order chi connectivity index (χ1) is 14.5. The number of carbonyl (C=O) groups is 1. The van der Waals surface area contributed by atoms with E-state index in [1.807, 2.05) is 16.9 Å². The Kier molecular flexibility index (Phi) is 5.82.